The highest BCUT2D eigenvalue weighted by atomic mass is 16.1. The normalized spacial score (nSPS) is 8.82. The van der Waals surface area contributed by atoms with Crippen LogP contribution < -0.4 is 0 Å². The van der Waals surface area contributed by atoms with Gasteiger partial charge in [0, 0.05) is 6.42 Å². The summed E-state index contributed by atoms with van der Waals surface area (Å²) in [4.78, 5) is 21.0. The molecule has 0 radical (unpaired) electrons. The number of rotatable bonds is 2. The highest BCUT2D eigenvalue weighted by Gasteiger charge is 1.91. The Kier molecular flexibility index (Phi) is 2.47. The van der Waals surface area contributed by atoms with Crippen molar-refractivity contribution >= 4 is 11.8 Å². The molecular formula is C7H7N3O. The average molecular weight is 149 g/mol. The monoisotopic (exact) mass is 149 g/mol. The molecule has 0 saturated carbocycles. The molecule has 0 aliphatic carbocycles. The van der Waals surface area contributed by atoms with E-state index in [1.807, 2.05) is 6.92 Å². The highest BCUT2D eigenvalue weighted by molar-refractivity contribution is 5.45. The number of aliphatic imine (C=N–C) groups is 1. The van der Waals surface area contributed by atoms with Crippen molar-refractivity contribution in [1.29, 1.82) is 0 Å². The Morgan fingerprint density at radius 2 is 2.18 bits per heavy atom. The molecule has 11 heavy (non-hydrogen) atoms. The van der Waals surface area contributed by atoms with E-state index in [4.69, 9.17) is 0 Å². The molecule has 0 unspecified atom stereocenters. The zero-order valence-electron chi connectivity index (χ0n) is 6.11. The summed E-state index contributed by atoms with van der Waals surface area (Å²) in [5.74, 6) is 0.745. The van der Waals surface area contributed by atoms with Gasteiger partial charge < -0.3 is 0 Å². The predicted molar refractivity (Wildman–Crippen MR) is 39.2 cm³/mol. The fraction of sp³-hybridized carbons (Fsp3) is 0.286. The van der Waals surface area contributed by atoms with Crippen molar-refractivity contribution in [3.8, 4) is 0 Å². The standard InChI is InChI=1S/C7H7N3O/c1-2-7-8-3-6(4-9-7)10-5-11/h3-4H,2H2,1H3. The second-order valence-electron chi connectivity index (χ2n) is 1.91. The van der Waals surface area contributed by atoms with Crippen LogP contribution in [0.4, 0.5) is 5.69 Å². The van der Waals surface area contributed by atoms with E-state index in [-0.39, 0.29) is 0 Å². The SMILES string of the molecule is CCc1ncc(N=C=O)cn1. The smallest absolute Gasteiger partial charge is 0.239 e. The largest absolute Gasteiger partial charge is 0.240 e. The van der Waals surface area contributed by atoms with E-state index in [0.29, 0.717) is 5.69 Å². The summed E-state index contributed by atoms with van der Waals surface area (Å²) in [5.41, 5.74) is 0.442. The molecule has 0 aliphatic rings. The van der Waals surface area contributed by atoms with Gasteiger partial charge in [0.2, 0.25) is 6.08 Å². The van der Waals surface area contributed by atoms with Crippen LogP contribution >= 0.6 is 0 Å². The van der Waals surface area contributed by atoms with Crippen LogP contribution in [0.15, 0.2) is 17.4 Å². The Morgan fingerprint density at radius 3 is 2.64 bits per heavy atom. The molecule has 0 N–H and O–H groups in total. The Labute approximate surface area is 64.0 Å². The van der Waals surface area contributed by atoms with Crippen LogP contribution in [0.1, 0.15) is 12.7 Å². The fourth-order valence-corrected chi connectivity index (χ4v) is 0.641. The summed E-state index contributed by atoms with van der Waals surface area (Å²) < 4.78 is 0. The number of hydrogen-bond acceptors (Lipinski definition) is 4. The summed E-state index contributed by atoms with van der Waals surface area (Å²) in [7, 11) is 0. The van der Waals surface area contributed by atoms with Crippen LogP contribution in [0, 0.1) is 0 Å². The predicted octanol–water partition coefficient (Wildman–Crippen LogP) is 1.01. The summed E-state index contributed by atoms with van der Waals surface area (Å²) in [6.45, 7) is 1.96. The van der Waals surface area contributed by atoms with Gasteiger partial charge in [-0.1, -0.05) is 6.92 Å². The molecule has 4 heteroatoms. The zero-order valence-corrected chi connectivity index (χ0v) is 6.11. The lowest BCUT2D eigenvalue weighted by Crippen LogP contribution is -1.89. The first-order chi connectivity index (χ1) is 5.36. The van der Waals surface area contributed by atoms with E-state index in [9.17, 15) is 4.79 Å². The van der Waals surface area contributed by atoms with Crippen LogP contribution in [-0.2, 0) is 11.2 Å². The summed E-state index contributed by atoms with van der Waals surface area (Å²) in [6, 6.07) is 0. The molecule has 0 fully saturated rings. The number of carbonyl (C=O) groups excluding carboxylic acids is 1. The van der Waals surface area contributed by atoms with Gasteiger partial charge in [0.05, 0.1) is 12.4 Å². The van der Waals surface area contributed by atoms with Gasteiger partial charge in [0.1, 0.15) is 11.5 Å². The van der Waals surface area contributed by atoms with Gasteiger partial charge in [-0.25, -0.2) is 14.8 Å². The molecule has 0 spiro atoms. The maximum atomic E-state index is 9.78. The van der Waals surface area contributed by atoms with E-state index in [1.54, 1.807) is 0 Å². The lowest BCUT2D eigenvalue weighted by molar-refractivity contribution is 0.565. The van der Waals surface area contributed by atoms with Gasteiger partial charge >= 0.3 is 0 Å². The van der Waals surface area contributed by atoms with Crippen LogP contribution in [0.2, 0.25) is 0 Å². The van der Waals surface area contributed by atoms with Gasteiger partial charge in [-0.2, -0.15) is 4.99 Å². The van der Waals surface area contributed by atoms with E-state index >= 15 is 0 Å². The van der Waals surface area contributed by atoms with Gasteiger partial charge in [-0.3, -0.25) is 0 Å². The van der Waals surface area contributed by atoms with E-state index in [1.165, 1.54) is 18.5 Å². The second-order valence-corrected chi connectivity index (χ2v) is 1.91. The quantitative estimate of drug-likeness (QED) is 0.465. The molecule has 0 atom stereocenters. The van der Waals surface area contributed by atoms with Gasteiger partial charge in [0.25, 0.3) is 0 Å². The third-order valence-corrected chi connectivity index (χ3v) is 1.18. The Balaban J connectivity index is 2.91. The second kappa shape index (κ2) is 3.58. The van der Waals surface area contributed by atoms with Crippen molar-refractivity contribution in [2.45, 2.75) is 13.3 Å². The van der Waals surface area contributed by atoms with Crippen LogP contribution in [0.25, 0.3) is 0 Å². The number of isocyanates is 1. The molecule has 0 bridgehead atoms. The maximum absolute atomic E-state index is 9.78. The van der Waals surface area contributed by atoms with Gasteiger partial charge in [0.15, 0.2) is 0 Å². The molecule has 4 nitrogen and oxygen atoms in total. The van der Waals surface area contributed by atoms with E-state index < -0.39 is 0 Å². The number of nitrogens with zero attached hydrogens (tertiary/aromatic N) is 3. The molecule has 56 valence electrons. The Hall–Kier alpha value is -1.54. The van der Waals surface area contributed by atoms with Gasteiger partial charge in [-0.05, 0) is 0 Å². The first-order valence-corrected chi connectivity index (χ1v) is 3.25. The fourth-order valence-electron chi connectivity index (χ4n) is 0.641. The third-order valence-electron chi connectivity index (χ3n) is 1.18. The minimum Gasteiger partial charge on any atom is -0.239 e. The number of hydrogen-bond donors (Lipinski definition) is 0. The summed E-state index contributed by atoms with van der Waals surface area (Å²) >= 11 is 0. The van der Waals surface area contributed by atoms with Crippen molar-refractivity contribution < 1.29 is 4.79 Å². The van der Waals surface area contributed by atoms with Crippen molar-refractivity contribution in [3.05, 3.63) is 18.2 Å². The molecule has 0 saturated heterocycles. The molecule has 1 rings (SSSR count). The first-order valence-electron chi connectivity index (χ1n) is 3.25. The molecule has 1 aromatic rings. The molecule has 0 amide bonds. The third kappa shape index (κ3) is 1.95. The summed E-state index contributed by atoms with van der Waals surface area (Å²) in [6.07, 6.45) is 5.19. The van der Waals surface area contributed by atoms with Crippen LogP contribution in [0.5, 0.6) is 0 Å². The topological polar surface area (TPSA) is 55.2 Å². The minimum atomic E-state index is 0.442. The number of aromatic nitrogens is 2. The average Bonchev–Trinajstić information content (AvgIpc) is 2.07. The van der Waals surface area contributed by atoms with Gasteiger partial charge in [-0.15, -0.1) is 0 Å². The highest BCUT2D eigenvalue weighted by Crippen LogP contribution is 2.05. The molecule has 0 aliphatic heterocycles. The van der Waals surface area contributed by atoms with Crippen molar-refractivity contribution in [3.63, 3.8) is 0 Å². The summed E-state index contributed by atoms with van der Waals surface area (Å²) in [5, 5.41) is 0. The van der Waals surface area contributed by atoms with E-state index in [0.717, 1.165) is 12.2 Å². The van der Waals surface area contributed by atoms with Crippen LogP contribution in [-0.4, -0.2) is 16.0 Å². The Morgan fingerprint density at radius 1 is 1.55 bits per heavy atom. The lowest BCUT2D eigenvalue weighted by atomic mass is 10.4. The van der Waals surface area contributed by atoms with E-state index in [2.05, 4.69) is 15.0 Å². The minimum absolute atomic E-state index is 0.442. The zero-order chi connectivity index (χ0) is 8.10. The maximum Gasteiger partial charge on any atom is 0.240 e. The lowest BCUT2D eigenvalue weighted by Gasteiger charge is -1.92. The molecular weight excluding hydrogens is 142 g/mol. The molecule has 1 heterocycles. The Bertz CT molecular complexity index is 274. The number of aryl methyl sites for hydroxylation is 1. The molecule has 0 aromatic carbocycles. The van der Waals surface area contributed by atoms with Crippen molar-refractivity contribution in [2.75, 3.05) is 0 Å². The van der Waals surface area contributed by atoms with Crippen LogP contribution in [0.3, 0.4) is 0 Å². The van der Waals surface area contributed by atoms with Crippen molar-refractivity contribution in [2.24, 2.45) is 4.99 Å². The molecule has 1 aromatic heterocycles. The van der Waals surface area contributed by atoms with Crippen molar-refractivity contribution in [1.82, 2.24) is 9.97 Å². The first kappa shape index (κ1) is 7.57.